The summed E-state index contributed by atoms with van der Waals surface area (Å²) < 4.78 is 56.2. The molecule has 0 spiro atoms. The lowest BCUT2D eigenvalue weighted by Gasteiger charge is -2.25. The number of carbonyl (C=O) groups excluding carboxylic acids is 2. The van der Waals surface area contributed by atoms with Gasteiger partial charge in [-0.05, 0) is 54.3 Å². The van der Waals surface area contributed by atoms with Crippen molar-refractivity contribution >= 4 is 33.8 Å². The molecule has 1 atom stereocenters. The van der Waals surface area contributed by atoms with Crippen LogP contribution in [0.1, 0.15) is 16.7 Å². The molecule has 0 fully saturated rings. The van der Waals surface area contributed by atoms with E-state index in [9.17, 15) is 26.8 Å². The number of amides is 3. The van der Waals surface area contributed by atoms with Crippen molar-refractivity contribution in [2.75, 3.05) is 22.8 Å². The van der Waals surface area contributed by atoms with Gasteiger partial charge in [0.25, 0.3) is 5.91 Å². The Morgan fingerprint density at radius 2 is 1.86 bits per heavy atom. The van der Waals surface area contributed by atoms with Gasteiger partial charge < -0.3 is 5.32 Å². The molecule has 0 unspecified atom stereocenters. The van der Waals surface area contributed by atoms with Gasteiger partial charge in [-0.15, -0.1) is 0 Å². The zero-order valence-electron chi connectivity index (χ0n) is 20.0. The van der Waals surface area contributed by atoms with E-state index >= 15 is 0 Å². The topological polar surface area (TPSA) is 125 Å². The molecule has 2 N–H and O–H groups in total. The quantitative estimate of drug-likeness (QED) is 0.483. The van der Waals surface area contributed by atoms with Gasteiger partial charge in [-0.3, -0.25) is 9.69 Å². The predicted octanol–water partition coefficient (Wildman–Crippen LogP) is 2.24. The molecule has 3 aromatic rings. The number of aromatic nitrogens is 2. The van der Waals surface area contributed by atoms with Gasteiger partial charge in [-0.2, -0.15) is 8.42 Å². The standard InChI is InChI=1S/C24H24F2N6O4S/c1-15-5-6-21(28-14-15)31(2)23(33)20(12-16-10-18(25)13-19(26)11-16)29-24(34)30-37(35,36)32-9-7-17-4-3-8-27-22(17)32/h3-6,8,10-11,13-14,20H,7,9,12H2,1-2H3,(H2,29,30,34)/t20-/m0/s1. The van der Waals surface area contributed by atoms with Crippen LogP contribution >= 0.6 is 0 Å². The minimum Gasteiger partial charge on any atom is -0.325 e. The van der Waals surface area contributed by atoms with Crippen LogP contribution in [0.4, 0.5) is 25.2 Å². The SMILES string of the molecule is Cc1ccc(N(C)C(=O)[C@H](Cc2cc(F)cc(F)c2)NC(=O)NS(=O)(=O)N2CCc3cccnc32)nc1. The van der Waals surface area contributed by atoms with Crippen LogP contribution < -0.4 is 19.2 Å². The number of rotatable bonds is 7. The average molecular weight is 531 g/mol. The molecule has 1 aromatic carbocycles. The molecule has 10 nitrogen and oxygen atoms in total. The highest BCUT2D eigenvalue weighted by molar-refractivity contribution is 7.91. The van der Waals surface area contributed by atoms with Gasteiger partial charge in [0.15, 0.2) is 0 Å². The van der Waals surface area contributed by atoms with Gasteiger partial charge in [0.05, 0.1) is 0 Å². The number of benzene rings is 1. The molecule has 1 aliphatic heterocycles. The van der Waals surface area contributed by atoms with E-state index in [1.54, 1.807) is 30.5 Å². The second kappa shape index (κ2) is 10.5. The number of pyridine rings is 2. The summed E-state index contributed by atoms with van der Waals surface area (Å²) in [7, 11) is -2.94. The summed E-state index contributed by atoms with van der Waals surface area (Å²) in [6.07, 6.45) is 3.09. The van der Waals surface area contributed by atoms with Crippen LogP contribution in [0, 0.1) is 18.6 Å². The number of carbonyl (C=O) groups is 2. The van der Waals surface area contributed by atoms with Crippen LogP contribution in [-0.4, -0.2) is 50.0 Å². The summed E-state index contributed by atoms with van der Waals surface area (Å²) in [5.41, 5.74) is 1.65. The van der Waals surface area contributed by atoms with Crippen LogP contribution in [0.3, 0.4) is 0 Å². The van der Waals surface area contributed by atoms with Crippen molar-refractivity contribution in [1.29, 1.82) is 0 Å². The molecule has 2 aromatic heterocycles. The zero-order chi connectivity index (χ0) is 26.7. The first-order valence-electron chi connectivity index (χ1n) is 11.2. The van der Waals surface area contributed by atoms with Gasteiger partial charge in [0, 0.05) is 38.5 Å². The lowest BCUT2D eigenvalue weighted by molar-refractivity contribution is -0.120. The number of halogens is 2. The van der Waals surface area contributed by atoms with Gasteiger partial charge in [-0.25, -0.2) is 32.6 Å². The Kier molecular flexibility index (Phi) is 7.34. The Bertz CT molecular complexity index is 1420. The van der Waals surface area contributed by atoms with E-state index in [2.05, 4.69) is 15.3 Å². The van der Waals surface area contributed by atoms with Crippen molar-refractivity contribution in [3.63, 3.8) is 0 Å². The van der Waals surface area contributed by atoms with Crippen molar-refractivity contribution in [2.45, 2.75) is 25.8 Å². The van der Waals surface area contributed by atoms with Crippen molar-refractivity contribution in [1.82, 2.24) is 20.0 Å². The highest BCUT2D eigenvalue weighted by atomic mass is 32.2. The first-order chi connectivity index (χ1) is 17.5. The van der Waals surface area contributed by atoms with Crippen molar-refractivity contribution in [2.24, 2.45) is 0 Å². The van der Waals surface area contributed by atoms with Gasteiger partial charge in [-0.1, -0.05) is 12.1 Å². The Hall–Kier alpha value is -4.13. The molecule has 1 aliphatic rings. The normalized spacial score (nSPS) is 13.6. The first-order valence-corrected chi connectivity index (χ1v) is 12.7. The highest BCUT2D eigenvalue weighted by Crippen LogP contribution is 2.26. The third-order valence-electron chi connectivity index (χ3n) is 5.74. The fourth-order valence-electron chi connectivity index (χ4n) is 3.94. The maximum atomic E-state index is 13.8. The number of aryl methyl sites for hydroxylation is 1. The van der Waals surface area contributed by atoms with Crippen LogP contribution in [0.5, 0.6) is 0 Å². The smallest absolute Gasteiger partial charge is 0.325 e. The molecule has 0 bridgehead atoms. The van der Waals surface area contributed by atoms with E-state index in [4.69, 9.17) is 0 Å². The van der Waals surface area contributed by atoms with E-state index in [1.165, 1.54) is 13.2 Å². The number of nitrogens with zero attached hydrogens (tertiary/aromatic N) is 4. The number of fused-ring (bicyclic) bond motifs is 1. The van der Waals surface area contributed by atoms with Gasteiger partial charge >= 0.3 is 16.2 Å². The van der Waals surface area contributed by atoms with Crippen molar-refractivity contribution in [3.8, 4) is 0 Å². The third-order valence-corrected chi connectivity index (χ3v) is 7.11. The molecule has 194 valence electrons. The Labute approximate surface area is 212 Å². The molecular formula is C24H24F2N6O4S. The van der Waals surface area contributed by atoms with E-state index in [1.807, 2.05) is 11.6 Å². The zero-order valence-corrected chi connectivity index (χ0v) is 20.8. The number of likely N-dealkylation sites (N-methyl/N-ethyl adjacent to an activating group) is 1. The summed E-state index contributed by atoms with van der Waals surface area (Å²) in [5, 5.41) is 2.33. The first kappa shape index (κ1) is 25.9. The molecule has 0 radical (unpaired) electrons. The lowest BCUT2D eigenvalue weighted by Crippen LogP contribution is -2.54. The average Bonchev–Trinajstić information content (AvgIpc) is 3.27. The Balaban J connectivity index is 1.55. The second-order valence-corrected chi connectivity index (χ2v) is 10.1. The number of urea groups is 1. The van der Waals surface area contributed by atoms with E-state index in [-0.39, 0.29) is 30.2 Å². The van der Waals surface area contributed by atoms with Crippen LogP contribution in [-0.2, 0) is 27.8 Å². The fourth-order valence-corrected chi connectivity index (χ4v) is 5.07. The van der Waals surface area contributed by atoms with E-state index < -0.39 is 39.8 Å². The summed E-state index contributed by atoms with van der Waals surface area (Å²) >= 11 is 0. The molecular weight excluding hydrogens is 506 g/mol. The molecule has 3 amide bonds. The number of nitrogens with one attached hydrogen (secondary N) is 2. The van der Waals surface area contributed by atoms with Crippen LogP contribution in [0.25, 0.3) is 0 Å². The largest absolute Gasteiger partial charge is 0.330 e. The van der Waals surface area contributed by atoms with Crippen molar-refractivity contribution < 1.29 is 26.8 Å². The lowest BCUT2D eigenvalue weighted by atomic mass is 10.0. The molecule has 4 rings (SSSR count). The molecule has 13 heteroatoms. The monoisotopic (exact) mass is 530 g/mol. The second-order valence-electron chi connectivity index (χ2n) is 8.51. The molecule has 0 aliphatic carbocycles. The van der Waals surface area contributed by atoms with Crippen LogP contribution in [0.2, 0.25) is 0 Å². The number of anilines is 2. The summed E-state index contributed by atoms with van der Waals surface area (Å²) in [4.78, 5) is 35.5. The molecule has 0 saturated heterocycles. The summed E-state index contributed by atoms with van der Waals surface area (Å²) in [6.45, 7) is 1.90. The van der Waals surface area contributed by atoms with E-state index in [0.717, 1.165) is 26.9 Å². The van der Waals surface area contributed by atoms with Gasteiger partial charge in [0.2, 0.25) is 0 Å². The highest BCUT2D eigenvalue weighted by Gasteiger charge is 2.33. The number of hydrogen-bond donors (Lipinski definition) is 2. The maximum absolute atomic E-state index is 13.8. The Morgan fingerprint density at radius 3 is 2.54 bits per heavy atom. The minimum absolute atomic E-state index is 0.0850. The molecule has 0 saturated carbocycles. The van der Waals surface area contributed by atoms with Crippen molar-refractivity contribution in [3.05, 3.63) is 83.2 Å². The molecule has 37 heavy (non-hydrogen) atoms. The molecule has 3 heterocycles. The maximum Gasteiger partial charge on any atom is 0.330 e. The Morgan fingerprint density at radius 1 is 1.14 bits per heavy atom. The van der Waals surface area contributed by atoms with Gasteiger partial charge in [0.1, 0.15) is 29.3 Å². The predicted molar refractivity (Wildman–Crippen MR) is 132 cm³/mol. The van der Waals surface area contributed by atoms with Crippen LogP contribution in [0.15, 0.2) is 54.9 Å². The van der Waals surface area contributed by atoms with E-state index in [0.29, 0.717) is 18.1 Å². The third kappa shape index (κ3) is 6.00. The fraction of sp³-hybridized carbons (Fsp3) is 0.250. The number of hydrogen-bond acceptors (Lipinski definition) is 6. The summed E-state index contributed by atoms with van der Waals surface area (Å²) in [6, 6.07) is 6.90. The summed E-state index contributed by atoms with van der Waals surface area (Å²) in [5.74, 6) is -1.93. The minimum atomic E-state index is -4.36.